The van der Waals surface area contributed by atoms with Crippen LogP contribution in [0, 0.1) is 12.7 Å². The molecular weight excluding hydrogens is 195 g/mol. The predicted octanol–water partition coefficient (Wildman–Crippen LogP) is 1.07. The number of phenols is 1. The van der Waals surface area contributed by atoms with Gasteiger partial charge in [-0.2, -0.15) is 0 Å². The van der Waals surface area contributed by atoms with Crippen molar-refractivity contribution >= 4 is 0 Å². The number of aromatic hydroxyl groups is 1. The average molecular weight is 210 g/mol. The number of rotatable bonds is 1. The highest BCUT2D eigenvalue weighted by Crippen LogP contribution is 2.30. The summed E-state index contributed by atoms with van der Waals surface area (Å²) in [5.74, 6) is -0.779. The van der Waals surface area contributed by atoms with Crippen LogP contribution < -0.4 is 10.6 Å². The van der Waals surface area contributed by atoms with Crippen LogP contribution in [0.25, 0.3) is 0 Å². The maximum absolute atomic E-state index is 13.2. The third-order valence-corrected chi connectivity index (χ3v) is 2.78. The van der Waals surface area contributed by atoms with Gasteiger partial charge in [-0.05, 0) is 18.6 Å². The van der Waals surface area contributed by atoms with Crippen molar-refractivity contribution in [1.82, 2.24) is 10.6 Å². The van der Waals surface area contributed by atoms with E-state index in [-0.39, 0.29) is 11.8 Å². The van der Waals surface area contributed by atoms with Crippen LogP contribution in [-0.4, -0.2) is 24.7 Å². The first-order valence-corrected chi connectivity index (χ1v) is 5.12. The van der Waals surface area contributed by atoms with Crippen LogP contribution in [0.1, 0.15) is 17.2 Å². The third-order valence-electron chi connectivity index (χ3n) is 2.78. The molecule has 1 aromatic rings. The molecule has 0 unspecified atom stereocenters. The summed E-state index contributed by atoms with van der Waals surface area (Å²) in [7, 11) is 0. The Morgan fingerprint density at radius 1 is 1.40 bits per heavy atom. The van der Waals surface area contributed by atoms with Gasteiger partial charge in [0.1, 0.15) is 0 Å². The number of hydrogen-bond acceptors (Lipinski definition) is 3. The lowest BCUT2D eigenvalue weighted by atomic mass is 9.98. The van der Waals surface area contributed by atoms with Gasteiger partial charge in [-0.1, -0.05) is 6.07 Å². The highest BCUT2D eigenvalue weighted by molar-refractivity contribution is 5.42. The van der Waals surface area contributed by atoms with Crippen LogP contribution in [0.4, 0.5) is 4.39 Å². The molecule has 0 amide bonds. The summed E-state index contributed by atoms with van der Waals surface area (Å²) in [5.41, 5.74) is 1.58. The van der Waals surface area contributed by atoms with Gasteiger partial charge in [0.15, 0.2) is 11.6 Å². The minimum absolute atomic E-state index is 0.00514. The van der Waals surface area contributed by atoms with Gasteiger partial charge in [-0.25, -0.2) is 4.39 Å². The van der Waals surface area contributed by atoms with Gasteiger partial charge in [0.25, 0.3) is 0 Å². The van der Waals surface area contributed by atoms with Gasteiger partial charge in [-0.15, -0.1) is 0 Å². The molecule has 0 radical (unpaired) electrons. The van der Waals surface area contributed by atoms with Crippen LogP contribution in [0.2, 0.25) is 0 Å². The molecule has 0 aliphatic carbocycles. The summed E-state index contributed by atoms with van der Waals surface area (Å²) >= 11 is 0. The number of halogens is 1. The van der Waals surface area contributed by atoms with Crippen molar-refractivity contribution in [3.63, 3.8) is 0 Å². The molecular formula is C11H15FN2O. The molecule has 3 nitrogen and oxygen atoms in total. The molecule has 4 heteroatoms. The minimum atomic E-state index is -0.553. The maximum Gasteiger partial charge on any atom is 0.165 e. The van der Waals surface area contributed by atoms with E-state index in [1.165, 1.54) is 6.07 Å². The topological polar surface area (TPSA) is 44.3 Å². The molecule has 1 fully saturated rings. The zero-order valence-electron chi connectivity index (χ0n) is 8.68. The summed E-state index contributed by atoms with van der Waals surface area (Å²) < 4.78 is 13.2. The normalized spacial score (nSPS) is 21.6. The van der Waals surface area contributed by atoms with E-state index < -0.39 is 5.82 Å². The second-order valence-corrected chi connectivity index (χ2v) is 3.84. The molecule has 1 heterocycles. The fourth-order valence-electron chi connectivity index (χ4n) is 1.98. The Balaban J connectivity index is 2.36. The molecule has 1 aliphatic rings. The Morgan fingerprint density at radius 2 is 2.20 bits per heavy atom. The van der Waals surface area contributed by atoms with E-state index in [2.05, 4.69) is 10.6 Å². The van der Waals surface area contributed by atoms with Crippen LogP contribution in [0.3, 0.4) is 0 Å². The lowest BCUT2D eigenvalue weighted by Gasteiger charge is -2.26. The molecule has 0 aromatic heterocycles. The molecule has 1 saturated heterocycles. The molecule has 1 atom stereocenters. The number of nitrogens with one attached hydrogen (secondary N) is 2. The molecule has 0 saturated carbocycles. The molecule has 15 heavy (non-hydrogen) atoms. The fourth-order valence-corrected chi connectivity index (χ4v) is 1.98. The maximum atomic E-state index is 13.2. The quantitative estimate of drug-likeness (QED) is 0.649. The predicted molar refractivity (Wildman–Crippen MR) is 56.4 cm³/mol. The van der Waals surface area contributed by atoms with Crippen LogP contribution in [0.5, 0.6) is 5.75 Å². The molecule has 1 aromatic carbocycles. The van der Waals surface area contributed by atoms with Gasteiger partial charge >= 0.3 is 0 Å². The van der Waals surface area contributed by atoms with E-state index in [4.69, 9.17) is 0 Å². The largest absolute Gasteiger partial charge is 0.505 e. The van der Waals surface area contributed by atoms with Gasteiger partial charge in [0, 0.05) is 31.2 Å². The Morgan fingerprint density at radius 3 is 2.87 bits per heavy atom. The summed E-state index contributed by atoms with van der Waals surface area (Å²) in [6.07, 6.45) is 0. The first-order chi connectivity index (χ1) is 7.20. The minimum Gasteiger partial charge on any atom is -0.505 e. The van der Waals surface area contributed by atoms with E-state index in [9.17, 15) is 9.50 Å². The first-order valence-electron chi connectivity index (χ1n) is 5.12. The molecule has 2 rings (SSSR count). The van der Waals surface area contributed by atoms with Crippen LogP contribution in [0.15, 0.2) is 12.1 Å². The Kier molecular flexibility index (Phi) is 2.88. The summed E-state index contributed by atoms with van der Waals surface area (Å²) in [6.45, 7) is 4.34. The number of hydrogen-bond donors (Lipinski definition) is 3. The molecule has 3 N–H and O–H groups in total. The Bertz CT molecular complexity index is 362. The van der Waals surface area contributed by atoms with Crippen molar-refractivity contribution in [1.29, 1.82) is 0 Å². The van der Waals surface area contributed by atoms with Crippen LogP contribution in [-0.2, 0) is 0 Å². The summed E-state index contributed by atoms with van der Waals surface area (Å²) in [4.78, 5) is 0. The molecule has 0 bridgehead atoms. The van der Waals surface area contributed by atoms with Crippen LogP contribution >= 0.6 is 0 Å². The van der Waals surface area contributed by atoms with Crippen molar-refractivity contribution < 1.29 is 9.50 Å². The van der Waals surface area contributed by atoms with Gasteiger partial charge in [-0.3, -0.25) is 0 Å². The molecule has 82 valence electrons. The Labute approximate surface area is 88.3 Å². The van der Waals surface area contributed by atoms with Crippen molar-refractivity contribution in [2.45, 2.75) is 13.0 Å². The number of phenolic OH excluding ortho intramolecular Hbond substituents is 1. The van der Waals surface area contributed by atoms with Crippen molar-refractivity contribution in [3.8, 4) is 5.75 Å². The molecule has 0 spiro atoms. The van der Waals surface area contributed by atoms with Crippen molar-refractivity contribution in [2.24, 2.45) is 0 Å². The second-order valence-electron chi connectivity index (χ2n) is 3.84. The van der Waals surface area contributed by atoms with Crippen molar-refractivity contribution in [2.75, 3.05) is 19.6 Å². The van der Waals surface area contributed by atoms with E-state index in [1.807, 2.05) is 6.92 Å². The SMILES string of the molecule is Cc1ccc(F)c(O)c1[C@@H]1CNCCN1. The summed E-state index contributed by atoms with van der Waals surface area (Å²) in [6, 6.07) is 2.99. The number of aryl methyl sites for hydroxylation is 1. The smallest absolute Gasteiger partial charge is 0.165 e. The monoisotopic (exact) mass is 210 g/mol. The zero-order chi connectivity index (χ0) is 10.8. The fraction of sp³-hybridized carbons (Fsp3) is 0.455. The third kappa shape index (κ3) is 1.96. The van der Waals surface area contributed by atoms with Gasteiger partial charge in [0.2, 0.25) is 0 Å². The number of benzene rings is 1. The second kappa shape index (κ2) is 4.16. The average Bonchev–Trinajstić information content (AvgIpc) is 2.26. The lowest BCUT2D eigenvalue weighted by molar-refractivity contribution is 0.386. The Hall–Kier alpha value is -1.13. The zero-order valence-corrected chi connectivity index (χ0v) is 8.68. The standard InChI is InChI=1S/C11H15FN2O/c1-7-2-3-8(12)11(15)10(7)9-6-13-4-5-14-9/h2-3,9,13-15H,4-6H2,1H3/t9-/m0/s1. The van der Waals surface area contributed by atoms with E-state index in [1.54, 1.807) is 6.07 Å². The van der Waals surface area contributed by atoms with Crippen molar-refractivity contribution in [3.05, 3.63) is 29.1 Å². The highest BCUT2D eigenvalue weighted by Gasteiger charge is 2.21. The lowest BCUT2D eigenvalue weighted by Crippen LogP contribution is -2.42. The number of piperazine rings is 1. The van der Waals surface area contributed by atoms with Gasteiger partial charge < -0.3 is 15.7 Å². The molecule has 1 aliphatic heterocycles. The summed E-state index contributed by atoms with van der Waals surface area (Å²) in [5, 5.41) is 16.2. The van der Waals surface area contributed by atoms with E-state index in [0.717, 1.165) is 25.2 Å². The van der Waals surface area contributed by atoms with E-state index in [0.29, 0.717) is 5.56 Å². The highest BCUT2D eigenvalue weighted by atomic mass is 19.1. The van der Waals surface area contributed by atoms with Gasteiger partial charge in [0.05, 0.1) is 0 Å². The first kappa shape index (κ1) is 10.4. The van der Waals surface area contributed by atoms with E-state index >= 15 is 0 Å².